The van der Waals surface area contributed by atoms with E-state index >= 15 is 0 Å². The second kappa shape index (κ2) is 7.51. The summed E-state index contributed by atoms with van der Waals surface area (Å²) in [6, 6.07) is 0. The summed E-state index contributed by atoms with van der Waals surface area (Å²) in [5.41, 5.74) is 0.966. The number of nitrogens with zero attached hydrogens (tertiary/aromatic N) is 5. The van der Waals surface area contributed by atoms with E-state index in [1.54, 1.807) is 18.6 Å². The molecular formula is C17H23N5O2. The summed E-state index contributed by atoms with van der Waals surface area (Å²) in [4.78, 5) is 27.2. The van der Waals surface area contributed by atoms with Crippen LogP contribution in [0.1, 0.15) is 62.4 Å². The lowest BCUT2D eigenvalue weighted by Gasteiger charge is -2.32. The van der Waals surface area contributed by atoms with Gasteiger partial charge in [0, 0.05) is 56.4 Å². The molecule has 2 aromatic rings. The van der Waals surface area contributed by atoms with E-state index in [0.717, 1.165) is 25.1 Å². The lowest BCUT2D eigenvalue weighted by molar-refractivity contribution is -0.132. The summed E-state index contributed by atoms with van der Waals surface area (Å²) in [5.74, 6) is 1.86. The molecule has 7 heteroatoms. The molecule has 0 spiro atoms. The highest BCUT2D eigenvalue weighted by Crippen LogP contribution is 2.25. The van der Waals surface area contributed by atoms with Gasteiger partial charge in [0.25, 0.3) is 0 Å². The van der Waals surface area contributed by atoms with Crippen LogP contribution in [0.15, 0.2) is 23.1 Å². The number of likely N-dealkylation sites (tertiary alicyclic amines) is 1. The van der Waals surface area contributed by atoms with Crippen molar-refractivity contribution in [1.82, 2.24) is 25.0 Å². The van der Waals surface area contributed by atoms with Crippen LogP contribution in [0.25, 0.3) is 0 Å². The van der Waals surface area contributed by atoms with E-state index < -0.39 is 0 Å². The molecule has 0 saturated carbocycles. The number of carbonyl (C=O) groups is 1. The van der Waals surface area contributed by atoms with Gasteiger partial charge in [0.1, 0.15) is 0 Å². The quantitative estimate of drug-likeness (QED) is 0.837. The fourth-order valence-electron chi connectivity index (χ4n) is 2.94. The Morgan fingerprint density at radius 2 is 2.29 bits per heavy atom. The summed E-state index contributed by atoms with van der Waals surface area (Å²) >= 11 is 0. The van der Waals surface area contributed by atoms with Crippen molar-refractivity contribution in [3.8, 4) is 0 Å². The van der Waals surface area contributed by atoms with Crippen molar-refractivity contribution in [3.63, 3.8) is 0 Å². The molecular weight excluding hydrogens is 306 g/mol. The number of hydrogen-bond donors (Lipinski definition) is 0. The lowest BCUT2D eigenvalue weighted by atomic mass is 9.95. The highest BCUT2D eigenvalue weighted by molar-refractivity contribution is 5.76. The summed E-state index contributed by atoms with van der Waals surface area (Å²) in [6.45, 7) is 5.54. The van der Waals surface area contributed by atoms with Crippen molar-refractivity contribution in [3.05, 3.63) is 36.0 Å². The van der Waals surface area contributed by atoms with Crippen molar-refractivity contribution < 1.29 is 9.32 Å². The molecule has 1 aliphatic heterocycles. The number of amides is 1. The van der Waals surface area contributed by atoms with Gasteiger partial charge in [-0.15, -0.1) is 0 Å². The molecule has 3 rings (SSSR count). The third kappa shape index (κ3) is 3.96. The first-order valence-corrected chi connectivity index (χ1v) is 8.49. The number of aromatic nitrogens is 4. The van der Waals surface area contributed by atoms with Gasteiger partial charge in [0.05, 0.1) is 5.69 Å². The van der Waals surface area contributed by atoms with Gasteiger partial charge in [-0.25, -0.2) is 0 Å². The van der Waals surface area contributed by atoms with Crippen LogP contribution in [-0.2, 0) is 11.2 Å². The van der Waals surface area contributed by atoms with Crippen LogP contribution >= 0.6 is 0 Å². The zero-order valence-electron chi connectivity index (χ0n) is 14.2. The number of piperidine rings is 1. The molecule has 24 heavy (non-hydrogen) atoms. The fourth-order valence-corrected chi connectivity index (χ4v) is 2.94. The standard InChI is InChI=1S/C17H23N5O2/c1-12(2)17-20-15(24-21-17)5-6-16(23)22-9-3-4-13(11-22)14-10-18-7-8-19-14/h7-8,10,12-13H,3-6,9,11H2,1-2H3/t13-/m0/s1. The van der Waals surface area contributed by atoms with Crippen molar-refractivity contribution >= 4 is 5.91 Å². The van der Waals surface area contributed by atoms with Crippen LogP contribution in [0.2, 0.25) is 0 Å². The van der Waals surface area contributed by atoms with E-state index in [9.17, 15) is 4.79 Å². The predicted molar refractivity (Wildman–Crippen MR) is 87.3 cm³/mol. The van der Waals surface area contributed by atoms with Gasteiger partial charge in [-0.1, -0.05) is 19.0 Å². The van der Waals surface area contributed by atoms with E-state index in [1.807, 2.05) is 18.7 Å². The zero-order valence-corrected chi connectivity index (χ0v) is 14.2. The highest BCUT2D eigenvalue weighted by Gasteiger charge is 2.25. The maximum absolute atomic E-state index is 12.5. The molecule has 7 nitrogen and oxygen atoms in total. The van der Waals surface area contributed by atoms with Gasteiger partial charge in [0.2, 0.25) is 11.8 Å². The van der Waals surface area contributed by atoms with Gasteiger partial charge < -0.3 is 9.42 Å². The van der Waals surface area contributed by atoms with Crippen LogP contribution in [0.4, 0.5) is 0 Å². The summed E-state index contributed by atoms with van der Waals surface area (Å²) in [6.07, 6.45) is 8.10. The van der Waals surface area contributed by atoms with E-state index in [0.29, 0.717) is 31.1 Å². The third-order valence-electron chi connectivity index (χ3n) is 4.33. The summed E-state index contributed by atoms with van der Waals surface area (Å²) in [7, 11) is 0. The molecule has 0 aliphatic carbocycles. The molecule has 0 unspecified atom stereocenters. The normalized spacial score (nSPS) is 18.1. The predicted octanol–water partition coefficient (Wildman–Crippen LogP) is 2.32. The number of carbonyl (C=O) groups excluding carboxylic acids is 1. The first-order chi connectivity index (χ1) is 11.6. The zero-order chi connectivity index (χ0) is 16.9. The van der Waals surface area contributed by atoms with Crippen LogP contribution in [-0.4, -0.2) is 44.0 Å². The second-order valence-electron chi connectivity index (χ2n) is 6.51. The Kier molecular flexibility index (Phi) is 5.17. The van der Waals surface area contributed by atoms with Gasteiger partial charge >= 0.3 is 0 Å². The van der Waals surface area contributed by atoms with Gasteiger partial charge in [-0.3, -0.25) is 14.8 Å². The molecule has 0 radical (unpaired) electrons. The smallest absolute Gasteiger partial charge is 0.227 e. The molecule has 128 valence electrons. The van der Waals surface area contributed by atoms with Crippen LogP contribution in [0.3, 0.4) is 0 Å². The fraction of sp³-hybridized carbons (Fsp3) is 0.588. The Morgan fingerprint density at radius 1 is 1.42 bits per heavy atom. The molecule has 1 aliphatic rings. The van der Waals surface area contributed by atoms with E-state index in [1.165, 1.54) is 0 Å². The van der Waals surface area contributed by atoms with Gasteiger partial charge in [-0.2, -0.15) is 4.98 Å². The van der Waals surface area contributed by atoms with Crippen LogP contribution in [0.5, 0.6) is 0 Å². The van der Waals surface area contributed by atoms with Crippen molar-refractivity contribution in [2.45, 2.75) is 51.4 Å². The largest absolute Gasteiger partial charge is 0.342 e. The Labute approximate surface area is 141 Å². The lowest BCUT2D eigenvalue weighted by Crippen LogP contribution is -2.39. The molecule has 1 amide bonds. The molecule has 1 fully saturated rings. The molecule has 1 saturated heterocycles. The van der Waals surface area contributed by atoms with Crippen molar-refractivity contribution in [2.75, 3.05) is 13.1 Å². The maximum Gasteiger partial charge on any atom is 0.227 e. The minimum absolute atomic E-state index is 0.132. The topological polar surface area (TPSA) is 85.0 Å². The Morgan fingerprint density at radius 3 is 3.00 bits per heavy atom. The second-order valence-corrected chi connectivity index (χ2v) is 6.51. The summed E-state index contributed by atoms with van der Waals surface area (Å²) < 4.78 is 5.20. The summed E-state index contributed by atoms with van der Waals surface area (Å²) in [5, 5.41) is 3.93. The van der Waals surface area contributed by atoms with Crippen LogP contribution < -0.4 is 0 Å². The minimum Gasteiger partial charge on any atom is -0.342 e. The Balaban J connectivity index is 1.54. The number of aryl methyl sites for hydroxylation is 1. The molecule has 1 atom stereocenters. The van der Waals surface area contributed by atoms with E-state index in [-0.39, 0.29) is 17.7 Å². The van der Waals surface area contributed by atoms with Crippen molar-refractivity contribution in [1.29, 1.82) is 0 Å². The molecule has 2 aromatic heterocycles. The monoisotopic (exact) mass is 329 g/mol. The molecule has 0 N–H and O–H groups in total. The van der Waals surface area contributed by atoms with E-state index in [4.69, 9.17) is 4.52 Å². The Bertz CT molecular complexity index is 671. The molecule has 3 heterocycles. The number of rotatable bonds is 5. The SMILES string of the molecule is CC(C)c1noc(CCC(=O)N2CCC[C@H](c3cnccn3)C2)n1. The minimum atomic E-state index is 0.132. The maximum atomic E-state index is 12.5. The van der Waals surface area contributed by atoms with Crippen LogP contribution in [0, 0.1) is 0 Å². The molecule has 0 bridgehead atoms. The average Bonchev–Trinajstić information content (AvgIpc) is 3.10. The van der Waals surface area contributed by atoms with E-state index in [2.05, 4.69) is 20.1 Å². The Hall–Kier alpha value is -2.31. The van der Waals surface area contributed by atoms with Gasteiger partial charge in [0.15, 0.2) is 5.82 Å². The highest BCUT2D eigenvalue weighted by atomic mass is 16.5. The first-order valence-electron chi connectivity index (χ1n) is 8.49. The molecule has 0 aromatic carbocycles. The first kappa shape index (κ1) is 16.5. The van der Waals surface area contributed by atoms with Crippen molar-refractivity contribution in [2.24, 2.45) is 0 Å². The number of hydrogen-bond acceptors (Lipinski definition) is 6. The van der Waals surface area contributed by atoms with Gasteiger partial charge in [-0.05, 0) is 12.8 Å². The average molecular weight is 329 g/mol. The third-order valence-corrected chi connectivity index (χ3v) is 4.33.